The van der Waals surface area contributed by atoms with Crippen LogP contribution in [0, 0.1) is 19.0 Å². The number of nitrogens with zero attached hydrogens (tertiary/aromatic N) is 6. The third-order valence-electron chi connectivity index (χ3n) is 13.2. The maximum absolute atomic E-state index is 13.7. The lowest BCUT2D eigenvalue weighted by Gasteiger charge is -2.38. The van der Waals surface area contributed by atoms with Gasteiger partial charge >= 0.3 is 0 Å². The first-order valence-electron chi connectivity index (χ1n) is 22.2. The number of fused-ring (bicyclic) bond motifs is 2. The van der Waals surface area contributed by atoms with Crippen LogP contribution in [-0.2, 0) is 21.7 Å². The molecule has 2 aliphatic rings. The minimum Gasteiger partial charge on any atom is -0.502 e. The Morgan fingerprint density at radius 1 is 0.631 bits per heavy atom. The largest absolute Gasteiger partial charge is 0.502 e. The number of hydrogen-bond donors (Lipinski definition) is 0. The van der Waals surface area contributed by atoms with E-state index in [2.05, 4.69) is 134 Å². The Balaban J connectivity index is 0.000000195. The summed E-state index contributed by atoms with van der Waals surface area (Å²) in [6.07, 6.45) is 4.23. The fourth-order valence-corrected chi connectivity index (χ4v) is 12.1. The maximum atomic E-state index is 13.7. The highest BCUT2D eigenvalue weighted by molar-refractivity contribution is 7.18. The van der Waals surface area contributed by atoms with Crippen LogP contribution in [-0.4, -0.2) is 43.1 Å². The van der Waals surface area contributed by atoms with Gasteiger partial charge in [0.25, 0.3) is 0 Å². The summed E-state index contributed by atoms with van der Waals surface area (Å²) < 4.78 is 33.0. The van der Waals surface area contributed by atoms with Gasteiger partial charge in [0.05, 0.1) is 31.5 Å². The zero-order valence-corrected chi connectivity index (χ0v) is 43.2. The predicted octanol–water partition coefficient (Wildman–Crippen LogP) is 15.8. The smallest absolute Gasteiger partial charge is 0.228 e. The highest BCUT2D eigenvalue weighted by Gasteiger charge is 2.42. The zero-order valence-electron chi connectivity index (χ0n) is 39.6. The normalized spacial score (nSPS) is 16.1. The molecule has 0 amide bonds. The Morgan fingerprint density at radius 2 is 1.06 bits per heavy atom. The van der Waals surface area contributed by atoms with Crippen molar-refractivity contribution in [2.24, 2.45) is 0 Å². The van der Waals surface area contributed by atoms with Crippen molar-refractivity contribution in [2.45, 2.75) is 136 Å². The van der Waals surface area contributed by atoms with E-state index in [0.29, 0.717) is 22.0 Å². The van der Waals surface area contributed by atoms with Gasteiger partial charge in [0.1, 0.15) is 31.6 Å². The van der Waals surface area contributed by atoms with E-state index < -0.39 is 22.5 Å². The van der Waals surface area contributed by atoms with Crippen LogP contribution in [0.2, 0.25) is 36.3 Å². The lowest BCUT2D eigenvalue weighted by Crippen LogP contribution is -2.41. The summed E-state index contributed by atoms with van der Waals surface area (Å²) >= 11 is 3.03. The van der Waals surface area contributed by atoms with Crippen molar-refractivity contribution in [1.29, 1.82) is 0 Å². The van der Waals surface area contributed by atoms with Crippen LogP contribution in [0.5, 0.6) is 5.75 Å². The number of ether oxygens (including phenoxy) is 1. The quantitative estimate of drug-likeness (QED) is 0.0998. The van der Waals surface area contributed by atoms with Crippen molar-refractivity contribution in [3.63, 3.8) is 0 Å². The summed E-state index contributed by atoms with van der Waals surface area (Å²) in [6, 6.07) is 22.9. The van der Waals surface area contributed by atoms with Crippen molar-refractivity contribution in [3.8, 4) is 48.0 Å². The summed E-state index contributed by atoms with van der Waals surface area (Å²) in [7, 11) is -3.73. The fraction of sp³-hybridized carbons (Fsp3) is 0.412. The number of aromatic nitrogens is 4. The SMILES string of the molecule is [C-]#[N+]c1cc(-c2nnc(-c3cccc4c3CC[C@@H]4O[Si](C)(C)C(C)(C)C)s2)ccc1F.[C-]#[N+]c1cc(-c2nnc(-c3cccc4c3CC[C@@H]4O[Si](C)(C)C(C)(C)C)s2)ccc1OC(C)C. The van der Waals surface area contributed by atoms with E-state index in [4.69, 9.17) is 26.7 Å². The molecule has 2 heterocycles. The molecule has 2 aliphatic carbocycles. The molecular weight excluding hydrogens is 884 g/mol. The number of halogens is 1. The van der Waals surface area contributed by atoms with Gasteiger partial charge in [-0.1, -0.05) is 113 Å². The van der Waals surface area contributed by atoms with E-state index in [9.17, 15) is 4.39 Å². The highest BCUT2D eigenvalue weighted by atomic mass is 32.1. The van der Waals surface area contributed by atoms with Crippen LogP contribution in [0.4, 0.5) is 15.8 Å². The van der Waals surface area contributed by atoms with Gasteiger partial charge in [0.15, 0.2) is 16.6 Å². The molecule has 2 atom stereocenters. The molecule has 6 aromatic rings. The lowest BCUT2D eigenvalue weighted by molar-refractivity contribution is 0.185. The minimum absolute atomic E-state index is 0.000438. The average Bonchev–Trinajstić information content (AvgIpc) is 4.08. The van der Waals surface area contributed by atoms with Gasteiger partial charge in [-0.15, -0.1) is 20.4 Å². The zero-order chi connectivity index (χ0) is 47.1. The second-order valence-electron chi connectivity index (χ2n) is 20.1. The predicted molar refractivity (Wildman–Crippen MR) is 268 cm³/mol. The van der Waals surface area contributed by atoms with Gasteiger partial charge in [-0.05, 0) is 122 Å². The number of benzene rings is 4. The van der Waals surface area contributed by atoms with Crippen molar-refractivity contribution in [1.82, 2.24) is 20.4 Å². The monoisotopic (exact) mass is 942 g/mol. The van der Waals surface area contributed by atoms with E-state index in [-0.39, 0.29) is 34.1 Å². The summed E-state index contributed by atoms with van der Waals surface area (Å²) in [6.45, 7) is 41.5. The molecule has 0 bridgehead atoms. The summed E-state index contributed by atoms with van der Waals surface area (Å²) in [5.74, 6) is 0.0873. The Labute approximate surface area is 394 Å². The van der Waals surface area contributed by atoms with Crippen molar-refractivity contribution in [2.75, 3.05) is 0 Å². The molecular formula is C51H59FN6O3S2Si2. The molecule has 0 unspecified atom stereocenters. The second kappa shape index (κ2) is 18.7. The molecule has 8 rings (SSSR count). The van der Waals surface area contributed by atoms with Crippen LogP contribution >= 0.6 is 22.7 Å². The van der Waals surface area contributed by atoms with E-state index >= 15 is 0 Å². The van der Waals surface area contributed by atoms with Gasteiger partial charge < -0.3 is 13.6 Å². The average molecular weight is 943 g/mol. The van der Waals surface area contributed by atoms with Crippen LogP contribution < -0.4 is 4.74 Å². The first kappa shape index (κ1) is 48.0. The molecule has 0 N–H and O–H groups in total. The van der Waals surface area contributed by atoms with E-state index in [1.165, 1.54) is 45.7 Å². The molecule has 0 aliphatic heterocycles. The van der Waals surface area contributed by atoms with Crippen LogP contribution in [0.3, 0.4) is 0 Å². The molecule has 9 nitrogen and oxygen atoms in total. The Kier molecular flexibility index (Phi) is 13.8. The second-order valence-corrected chi connectivity index (χ2v) is 31.6. The van der Waals surface area contributed by atoms with E-state index in [1.54, 1.807) is 17.4 Å². The van der Waals surface area contributed by atoms with Gasteiger partial charge in [0, 0.05) is 22.3 Å². The summed E-state index contributed by atoms with van der Waals surface area (Å²) in [5.41, 5.74) is 9.50. The molecule has 0 radical (unpaired) electrons. The molecule has 0 saturated carbocycles. The highest BCUT2D eigenvalue weighted by Crippen LogP contribution is 2.48. The summed E-state index contributed by atoms with van der Waals surface area (Å²) in [4.78, 5) is 6.89. The van der Waals surface area contributed by atoms with Crippen LogP contribution in [0.1, 0.15) is 103 Å². The van der Waals surface area contributed by atoms with Gasteiger partial charge in [-0.3, -0.25) is 0 Å². The van der Waals surface area contributed by atoms with Gasteiger partial charge in [0.2, 0.25) is 11.4 Å². The molecule has 4 aromatic carbocycles. The van der Waals surface area contributed by atoms with E-state index in [0.717, 1.165) is 57.4 Å². The lowest BCUT2D eigenvalue weighted by atomic mass is 10.0. The Hall–Kier alpha value is -4.94. The molecule has 338 valence electrons. The van der Waals surface area contributed by atoms with Crippen molar-refractivity contribution >= 4 is 50.7 Å². The first-order chi connectivity index (χ1) is 30.6. The van der Waals surface area contributed by atoms with Crippen molar-refractivity contribution in [3.05, 3.63) is 124 Å². The first-order valence-corrected chi connectivity index (χ1v) is 29.7. The standard InChI is InChI=1S/C27H33N3O2SSi.C24H26FN3OSSi/c1-17(2)31-24-14-12-18(16-22(24)28-6)25-29-30-26(33-25)21-11-9-10-20-19(21)13-15-23(20)32-34(7,8)27(3,4)5;1-24(2,3)31(5,6)29-21-13-11-16-17(21)8-7-9-18(16)23-28-27-22(30-23)15-10-12-19(25)20(14-15)26-4/h9-12,14,16-17,23H,13,15H2,1-5,7-8H3;7-10,12,14,21H,11,13H2,1-3,5-6H3/t23-;21-/m00/s1. The van der Waals surface area contributed by atoms with Crippen LogP contribution in [0.15, 0.2) is 72.8 Å². The fourth-order valence-electron chi connectivity index (χ4n) is 7.66. The number of rotatable bonds is 10. The molecule has 0 fully saturated rings. The minimum atomic E-state index is -1.87. The van der Waals surface area contributed by atoms with Gasteiger partial charge in [-0.2, -0.15) is 0 Å². The topological polar surface area (TPSA) is 88.0 Å². The van der Waals surface area contributed by atoms with Gasteiger partial charge in [-0.25, -0.2) is 14.1 Å². The van der Waals surface area contributed by atoms with E-state index in [1.807, 2.05) is 32.0 Å². The number of hydrogen-bond acceptors (Lipinski definition) is 9. The van der Waals surface area contributed by atoms with Crippen molar-refractivity contribution < 1.29 is 18.0 Å². The Morgan fingerprint density at radius 3 is 1.49 bits per heavy atom. The van der Waals surface area contributed by atoms with Crippen LogP contribution in [0.25, 0.3) is 52.0 Å². The third kappa shape index (κ3) is 10.2. The Bertz CT molecular complexity index is 2790. The molecule has 0 spiro atoms. The molecule has 0 saturated heterocycles. The third-order valence-corrected chi connectivity index (χ3v) is 24.2. The molecule has 2 aromatic heterocycles. The summed E-state index contributed by atoms with van der Waals surface area (Å²) in [5, 5.41) is 21.3. The maximum Gasteiger partial charge on any atom is 0.228 e. The molecule has 14 heteroatoms. The molecule has 65 heavy (non-hydrogen) atoms.